The van der Waals surface area contributed by atoms with Crippen LogP contribution >= 0.6 is 11.8 Å². The fourth-order valence-electron chi connectivity index (χ4n) is 3.35. The summed E-state index contributed by atoms with van der Waals surface area (Å²) in [6.07, 6.45) is 0.317. The number of imide groups is 1. The van der Waals surface area contributed by atoms with Gasteiger partial charge in [0, 0.05) is 22.9 Å². The second-order valence-electron chi connectivity index (χ2n) is 6.89. The normalized spacial score (nSPS) is 12.7. The lowest BCUT2D eigenvalue weighted by molar-refractivity contribution is -0.115. The van der Waals surface area contributed by atoms with Gasteiger partial charge in [0.15, 0.2) is 0 Å². The highest BCUT2D eigenvalue weighted by Crippen LogP contribution is 2.25. The van der Waals surface area contributed by atoms with E-state index in [1.54, 1.807) is 24.3 Å². The Morgan fingerprint density at radius 1 is 0.833 bits per heavy atom. The third kappa shape index (κ3) is 4.44. The van der Waals surface area contributed by atoms with Crippen LogP contribution in [0.3, 0.4) is 0 Å². The molecule has 4 rings (SSSR count). The van der Waals surface area contributed by atoms with E-state index in [-0.39, 0.29) is 17.7 Å². The number of thioether (sulfide) groups is 1. The van der Waals surface area contributed by atoms with Crippen molar-refractivity contribution in [3.63, 3.8) is 0 Å². The molecule has 0 radical (unpaired) electrons. The van der Waals surface area contributed by atoms with Crippen LogP contribution in [0.15, 0.2) is 83.8 Å². The molecule has 0 aromatic heterocycles. The molecule has 1 heterocycles. The number of carbonyl (C=O) groups is 3. The maximum Gasteiger partial charge on any atom is 0.261 e. The molecular weight excluding hydrogens is 396 g/mol. The number of benzene rings is 3. The number of fused-ring (bicyclic) bond motifs is 1. The first-order valence-corrected chi connectivity index (χ1v) is 10.6. The van der Waals surface area contributed by atoms with Crippen LogP contribution in [0.1, 0.15) is 26.3 Å². The topological polar surface area (TPSA) is 66.5 Å². The monoisotopic (exact) mass is 416 g/mol. The molecule has 5 nitrogen and oxygen atoms in total. The van der Waals surface area contributed by atoms with Crippen molar-refractivity contribution >= 4 is 35.2 Å². The van der Waals surface area contributed by atoms with E-state index in [0.717, 1.165) is 16.1 Å². The van der Waals surface area contributed by atoms with E-state index >= 15 is 0 Å². The van der Waals surface area contributed by atoms with E-state index in [9.17, 15) is 14.4 Å². The minimum atomic E-state index is -0.238. The van der Waals surface area contributed by atoms with Crippen molar-refractivity contribution in [2.45, 2.75) is 11.3 Å². The van der Waals surface area contributed by atoms with E-state index in [4.69, 9.17) is 0 Å². The Kier molecular flexibility index (Phi) is 5.95. The average molecular weight is 417 g/mol. The third-order valence-corrected chi connectivity index (χ3v) is 5.76. The predicted octanol–water partition coefficient (Wildman–Crippen LogP) is 4.26. The largest absolute Gasteiger partial charge is 0.326 e. The maximum atomic E-state index is 12.4. The third-order valence-electron chi connectivity index (χ3n) is 4.79. The lowest BCUT2D eigenvalue weighted by Crippen LogP contribution is -2.31. The lowest BCUT2D eigenvalue weighted by Gasteiger charge is -2.13. The standard InChI is InChI=1S/C24H20N2O3S/c27-22(15-17-7-2-1-3-8-17)25-18-9-6-10-19(16-18)30-14-13-26-23(28)20-11-4-5-12-21(20)24(26)29/h1-12,16H,13-15H2,(H,25,27). The van der Waals surface area contributed by atoms with Crippen molar-refractivity contribution in [1.29, 1.82) is 0 Å². The van der Waals surface area contributed by atoms with Crippen molar-refractivity contribution in [1.82, 2.24) is 4.90 Å². The molecule has 3 aromatic carbocycles. The van der Waals surface area contributed by atoms with Gasteiger partial charge in [-0.25, -0.2) is 0 Å². The van der Waals surface area contributed by atoms with Crippen LogP contribution in [-0.2, 0) is 11.2 Å². The van der Waals surface area contributed by atoms with E-state index in [0.29, 0.717) is 29.8 Å². The Labute approximate surface area is 179 Å². The number of nitrogens with one attached hydrogen (secondary N) is 1. The summed E-state index contributed by atoms with van der Waals surface area (Å²) in [6.45, 7) is 0.335. The number of hydrogen-bond donors (Lipinski definition) is 1. The number of carbonyl (C=O) groups excluding carboxylic acids is 3. The van der Waals surface area contributed by atoms with Crippen molar-refractivity contribution in [3.8, 4) is 0 Å². The van der Waals surface area contributed by atoms with Gasteiger partial charge in [-0.15, -0.1) is 11.8 Å². The Hall–Kier alpha value is -3.38. The zero-order valence-electron chi connectivity index (χ0n) is 16.2. The molecule has 0 bridgehead atoms. The number of nitrogens with zero attached hydrogens (tertiary/aromatic N) is 1. The predicted molar refractivity (Wildman–Crippen MR) is 118 cm³/mol. The van der Waals surface area contributed by atoms with Gasteiger partial charge in [-0.05, 0) is 35.9 Å². The molecule has 1 N–H and O–H groups in total. The molecule has 6 heteroatoms. The first kappa shape index (κ1) is 19.9. The molecule has 0 aliphatic carbocycles. The van der Waals surface area contributed by atoms with Gasteiger partial charge in [0.2, 0.25) is 5.91 Å². The van der Waals surface area contributed by atoms with Crippen molar-refractivity contribution in [2.24, 2.45) is 0 Å². The fourth-order valence-corrected chi connectivity index (χ4v) is 4.24. The van der Waals surface area contributed by atoms with Gasteiger partial charge in [-0.1, -0.05) is 48.5 Å². The molecule has 150 valence electrons. The van der Waals surface area contributed by atoms with Gasteiger partial charge < -0.3 is 5.32 Å². The van der Waals surface area contributed by atoms with Crippen LogP contribution < -0.4 is 5.32 Å². The smallest absolute Gasteiger partial charge is 0.261 e. The molecule has 1 aliphatic rings. The second kappa shape index (κ2) is 8.97. The second-order valence-corrected chi connectivity index (χ2v) is 8.06. The summed E-state index contributed by atoms with van der Waals surface area (Å²) in [7, 11) is 0. The summed E-state index contributed by atoms with van der Waals surface area (Å²) in [5, 5.41) is 2.92. The van der Waals surface area contributed by atoms with Crippen LogP contribution in [0.5, 0.6) is 0 Å². The molecule has 0 atom stereocenters. The summed E-state index contributed by atoms with van der Waals surface area (Å²) in [5.74, 6) is 0.0259. The molecule has 0 saturated carbocycles. The van der Waals surface area contributed by atoms with Gasteiger partial charge in [0.1, 0.15) is 0 Å². The summed E-state index contributed by atoms with van der Waals surface area (Å²) < 4.78 is 0. The Balaban J connectivity index is 1.31. The molecule has 3 amide bonds. The molecule has 30 heavy (non-hydrogen) atoms. The van der Waals surface area contributed by atoms with E-state index in [2.05, 4.69) is 5.32 Å². The van der Waals surface area contributed by atoms with Crippen molar-refractivity contribution < 1.29 is 14.4 Å². The quantitative estimate of drug-likeness (QED) is 0.462. The highest BCUT2D eigenvalue weighted by atomic mass is 32.2. The molecule has 0 unspecified atom stereocenters. The molecule has 1 aliphatic heterocycles. The van der Waals surface area contributed by atoms with Crippen LogP contribution in [0, 0.1) is 0 Å². The van der Waals surface area contributed by atoms with Gasteiger partial charge >= 0.3 is 0 Å². The average Bonchev–Trinajstić information content (AvgIpc) is 3.00. The van der Waals surface area contributed by atoms with E-state index < -0.39 is 0 Å². The molecular formula is C24H20N2O3S. The Morgan fingerprint density at radius 3 is 2.20 bits per heavy atom. The molecule has 0 saturated heterocycles. The zero-order valence-corrected chi connectivity index (χ0v) is 17.0. The Morgan fingerprint density at radius 2 is 1.50 bits per heavy atom. The number of rotatable bonds is 7. The first-order chi connectivity index (χ1) is 14.6. The van der Waals surface area contributed by atoms with Gasteiger partial charge in [0.05, 0.1) is 17.5 Å². The molecule has 3 aromatic rings. The number of hydrogen-bond acceptors (Lipinski definition) is 4. The summed E-state index contributed by atoms with van der Waals surface area (Å²) in [4.78, 5) is 39.4. The van der Waals surface area contributed by atoms with Crippen LogP contribution in [0.4, 0.5) is 5.69 Å². The van der Waals surface area contributed by atoms with Crippen LogP contribution in [0.25, 0.3) is 0 Å². The van der Waals surface area contributed by atoms with E-state index in [1.807, 2.05) is 54.6 Å². The van der Waals surface area contributed by atoms with Crippen LogP contribution in [0.2, 0.25) is 0 Å². The highest BCUT2D eigenvalue weighted by Gasteiger charge is 2.34. The Bertz CT molecular complexity index is 1060. The van der Waals surface area contributed by atoms with Crippen molar-refractivity contribution in [2.75, 3.05) is 17.6 Å². The number of amides is 3. The summed E-state index contributed by atoms with van der Waals surface area (Å²) in [5.41, 5.74) is 2.62. The van der Waals surface area contributed by atoms with Crippen LogP contribution in [-0.4, -0.2) is 34.9 Å². The van der Waals surface area contributed by atoms with E-state index in [1.165, 1.54) is 16.7 Å². The highest BCUT2D eigenvalue weighted by molar-refractivity contribution is 7.99. The zero-order chi connectivity index (χ0) is 20.9. The van der Waals surface area contributed by atoms with Crippen molar-refractivity contribution in [3.05, 3.63) is 95.6 Å². The van der Waals surface area contributed by atoms with Gasteiger partial charge in [-0.2, -0.15) is 0 Å². The SMILES string of the molecule is O=C(Cc1ccccc1)Nc1cccc(SCCN2C(=O)c3ccccc3C2=O)c1. The number of anilines is 1. The van der Waals surface area contributed by atoms with Gasteiger partial charge in [-0.3, -0.25) is 19.3 Å². The summed E-state index contributed by atoms with van der Waals surface area (Å²) >= 11 is 1.54. The molecule has 0 fully saturated rings. The first-order valence-electron chi connectivity index (χ1n) is 9.64. The minimum Gasteiger partial charge on any atom is -0.326 e. The minimum absolute atomic E-state index is 0.0747. The fraction of sp³-hybridized carbons (Fsp3) is 0.125. The maximum absolute atomic E-state index is 12.4. The molecule has 0 spiro atoms. The lowest BCUT2D eigenvalue weighted by atomic mass is 10.1. The summed E-state index contributed by atoms with van der Waals surface area (Å²) in [6, 6.07) is 24.0. The van der Waals surface area contributed by atoms with Gasteiger partial charge in [0.25, 0.3) is 11.8 Å².